The van der Waals surface area contributed by atoms with Gasteiger partial charge in [0.1, 0.15) is 0 Å². The Morgan fingerprint density at radius 3 is 1.42 bits per heavy atom. The summed E-state index contributed by atoms with van der Waals surface area (Å²) in [6, 6.07) is 8.87. The molecule has 4 aromatic rings. The highest BCUT2D eigenvalue weighted by atomic mass is 35.5. The molecule has 4 heteroatoms. The smallest absolute Gasteiger partial charge is 0.0623 e. The van der Waals surface area contributed by atoms with Crippen LogP contribution in [0.4, 0.5) is 0 Å². The third-order valence-electron chi connectivity index (χ3n) is 5.03. The fraction of sp³-hybridized carbons (Fsp3) is 0.364. The van der Waals surface area contributed by atoms with Crippen molar-refractivity contribution in [1.82, 2.24) is 0 Å². The van der Waals surface area contributed by atoms with Crippen molar-refractivity contribution in [3.63, 3.8) is 0 Å². The van der Waals surface area contributed by atoms with Crippen molar-refractivity contribution in [1.29, 1.82) is 0 Å². The lowest BCUT2D eigenvalue weighted by atomic mass is 10.1. The van der Waals surface area contributed by atoms with Gasteiger partial charge in [-0.15, -0.1) is 22.7 Å². The van der Waals surface area contributed by atoms with Crippen LogP contribution in [0.25, 0.3) is 30.9 Å². The first-order chi connectivity index (χ1) is 12.7. The molecule has 0 nitrogen and oxygen atoms in total. The predicted molar refractivity (Wildman–Crippen MR) is 122 cm³/mol. The van der Waals surface area contributed by atoms with E-state index in [1.54, 1.807) is 0 Å². The molecular weight excluding hydrogens is 399 g/mol. The first kappa shape index (κ1) is 18.6. The third kappa shape index (κ3) is 3.05. The molecule has 0 saturated heterocycles. The fourth-order valence-electron chi connectivity index (χ4n) is 3.55. The van der Waals surface area contributed by atoms with Gasteiger partial charge >= 0.3 is 0 Å². The summed E-state index contributed by atoms with van der Waals surface area (Å²) in [6.45, 7) is 4.45. The summed E-state index contributed by atoms with van der Waals surface area (Å²) in [4.78, 5) is 2.65. The quantitative estimate of drug-likeness (QED) is 0.291. The molecule has 0 fully saturated rings. The van der Waals surface area contributed by atoms with Gasteiger partial charge in [0, 0.05) is 40.7 Å². The van der Waals surface area contributed by atoms with Crippen molar-refractivity contribution < 1.29 is 0 Å². The number of benzene rings is 2. The summed E-state index contributed by atoms with van der Waals surface area (Å²) < 4.78 is 2.64. The highest BCUT2D eigenvalue weighted by molar-refractivity contribution is 7.22. The van der Waals surface area contributed by atoms with Crippen LogP contribution in [-0.2, 0) is 12.8 Å². The van der Waals surface area contributed by atoms with Gasteiger partial charge in [-0.05, 0) is 25.7 Å². The Morgan fingerprint density at radius 1 is 0.654 bits per heavy atom. The van der Waals surface area contributed by atoms with Crippen LogP contribution in [0.1, 0.15) is 49.3 Å². The van der Waals surface area contributed by atoms with E-state index in [1.165, 1.54) is 66.4 Å². The van der Waals surface area contributed by atoms with Crippen LogP contribution in [0, 0.1) is 0 Å². The van der Waals surface area contributed by atoms with Crippen LogP contribution < -0.4 is 0 Å². The van der Waals surface area contributed by atoms with Gasteiger partial charge in [0.25, 0.3) is 0 Å². The van der Waals surface area contributed by atoms with Crippen molar-refractivity contribution in [2.75, 3.05) is 0 Å². The first-order valence-corrected chi connectivity index (χ1v) is 11.8. The topological polar surface area (TPSA) is 0 Å². The van der Waals surface area contributed by atoms with Gasteiger partial charge in [-0.1, -0.05) is 74.2 Å². The zero-order chi connectivity index (χ0) is 18.3. The summed E-state index contributed by atoms with van der Waals surface area (Å²) in [5, 5.41) is 6.92. The highest BCUT2D eigenvalue weighted by Crippen LogP contribution is 2.45. The number of rotatable bonds is 6. The van der Waals surface area contributed by atoms with Gasteiger partial charge in [0.2, 0.25) is 0 Å². The first-order valence-electron chi connectivity index (χ1n) is 9.39. The van der Waals surface area contributed by atoms with E-state index >= 15 is 0 Å². The Balaban J connectivity index is 1.93. The van der Waals surface area contributed by atoms with Gasteiger partial charge in [-0.25, -0.2) is 0 Å². The van der Waals surface area contributed by atoms with Crippen molar-refractivity contribution in [2.24, 2.45) is 0 Å². The number of thiophene rings is 2. The second-order valence-corrected chi connectivity index (χ2v) is 9.83. The Morgan fingerprint density at radius 2 is 1.04 bits per heavy atom. The zero-order valence-electron chi connectivity index (χ0n) is 15.1. The monoisotopic (exact) mass is 420 g/mol. The lowest BCUT2D eigenvalue weighted by molar-refractivity contribution is 0.804. The molecule has 2 aromatic heterocycles. The minimum Gasteiger partial charge on any atom is -0.138 e. The Kier molecular flexibility index (Phi) is 5.48. The molecule has 136 valence electrons. The number of aryl methyl sites for hydroxylation is 2. The van der Waals surface area contributed by atoms with E-state index in [0.717, 1.165) is 22.9 Å². The largest absolute Gasteiger partial charge is 0.138 e. The van der Waals surface area contributed by atoms with E-state index in [4.69, 9.17) is 23.2 Å². The number of hydrogen-bond acceptors (Lipinski definition) is 2. The van der Waals surface area contributed by atoms with Crippen LogP contribution in [0.5, 0.6) is 0 Å². The molecule has 2 aromatic carbocycles. The maximum absolute atomic E-state index is 6.69. The Hall–Kier alpha value is -0.800. The summed E-state index contributed by atoms with van der Waals surface area (Å²) in [7, 11) is 0. The van der Waals surface area contributed by atoms with Crippen molar-refractivity contribution in [3.8, 4) is 0 Å². The molecule has 0 unspecified atom stereocenters. The molecule has 0 aliphatic rings. The molecule has 26 heavy (non-hydrogen) atoms. The van der Waals surface area contributed by atoms with Crippen LogP contribution >= 0.6 is 45.9 Å². The van der Waals surface area contributed by atoms with Crippen LogP contribution in [0.3, 0.4) is 0 Å². The third-order valence-corrected chi connectivity index (χ3v) is 8.71. The molecule has 0 aliphatic heterocycles. The molecule has 0 saturated carbocycles. The van der Waals surface area contributed by atoms with Gasteiger partial charge < -0.3 is 0 Å². The standard InChI is InChI=1S/C22H22Cl2S2/c1-3-5-7-17-19(23)15-11-9-14-13(21(15)25-17)10-12-16-20(24)18(8-6-4-2)26-22(14)16/h9-12H,3-8H2,1-2H3. The second kappa shape index (κ2) is 7.67. The molecule has 0 radical (unpaired) electrons. The van der Waals surface area contributed by atoms with Crippen LogP contribution in [0.2, 0.25) is 10.0 Å². The fourth-order valence-corrected chi connectivity index (χ4v) is 6.92. The minimum atomic E-state index is 0.952. The Labute approximate surface area is 172 Å². The van der Waals surface area contributed by atoms with Crippen molar-refractivity contribution in [3.05, 3.63) is 44.1 Å². The van der Waals surface area contributed by atoms with Gasteiger partial charge in [0.15, 0.2) is 0 Å². The molecule has 0 atom stereocenters. The van der Waals surface area contributed by atoms with E-state index in [1.807, 2.05) is 22.7 Å². The molecule has 0 aliphatic carbocycles. The number of unbranched alkanes of at least 4 members (excludes halogenated alkanes) is 2. The maximum atomic E-state index is 6.69. The van der Waals surface area contributed by atoms with Gasteiger partial charge in [-0.2, -0.15) is 0 Å². The lowest BCUT2D eigenvalue weighted by Gasteiger charge is -2.01. The van der Waals surface area contributed by atoms with E-state index < -0.39 is 0 Å². The van der Waals surface area contributed by atoms with Crippen molar-refractivity contribution >= 4 is 76.8 Å². The average Bonchev–Trinajstić information content (AvgIpc) is 3.15. The maximum Gasteiger partial charge on any atom is 0.0623 e. The summed E-state index contributed by atoms with van der Waals surface area (Å²) >= 11 is 17.1. The SMILES string of the molecule is CCCCc1sc2c(ccc3c2ccc2c(Cl)c(CCCC)sc23)c1Cl. The summed E-state index contributed by atoms with van der Waals surface area (Å²) in [5.74, 6) is 0. The van der Waals surface area contributed by atoms with Gasteiger partial charge in [0.05, 0.1) is 10.0 Å². The zero-order valence-corrected chi connectivity index (χ0v) is 18.3. The van der Waals surface area contributed by atoms with E-state index in [0.29, 0.717) is 0 Å². The highest BCUT2D eigenvalue weighted by Gasteiger charge is 2.16. The molecule has 0 spiro atoms. The van der Waals surface area contributed by atoms with E-state index in [9.17, 15) is 0 Å². The lowest BCUT2D eigenvalue weighted by Crippen LogP contribution is -1.79. The normalized spacial score (nSPS) is 12.0. The van der Waals surface area contributed by atoms with Crippen LogP contribution in [0.15, 0.2) is 24.3 Å². The second-order valence-electron chi connectivity index (χ2n) is 6.87. The average molecular weight is 421 g/mol. The van der Waals surface area contributed by atoms with E-state index in [-0.39, 0.29) is 0 Å². The molecule has 4 rings (SSSR count). The predicted octanol–water partition coefficient (Wildman–Crippen LogP) is 9.26. The van der Waals surface area contributed by atoms with E-state index in [2.05, 4.69) is 38.1 Å². The minimum absolute atomic E-state index is 0.952. The summed E-state index contributed by atoms with van der Waals surface area (Å²) in [5.41, 5.74) is 0. The molecule has 2 heterocycles. The number of fused-ring (bicyclic) bond motifs is 5. The Bertz CT molecular complexity index is 1000. The molecular formula is C22H22Cl2S2. The number of hydrogen-bond donors (Lipinski definition) is 0. The molecule has 0 bridgehead atoms. The number of halogens is 2. The van der Waals surface area contributed by atoms with Crippen molar-refractivity contribution in [2.45, 2.75) is 52.4 Å². The molecule has 0 N–H and O–H groups in total. The van der Waals surface area contributed by atoms with Gasteiger partial charge in [-0.3, -0.25) is 0 Å². The molecule has 0 amide bonds. The van der Waals surface area contributed by atoms with Crippen LogP contribution in [-0.4, -0.2) is 0 Å². The summed E-state index contributed by atoms with van der Waals surface area (Å²) in [6.07, 6.45) is 6.92.